The summed E-state index contributed by atoms with van der Waals surface area (Å²) in [6.45, 7) is 0.408. The highest BCUT2D eigenvalue weighted by molar-refractivity contribution is 6.05. The van der Waals surface area contributed by atoms with Crippen LogP contribution in [0.3, 0.4) is 0 Å². The van der Waals surface area contributed by atoms with Crippen LogP contribution in [0.1, 0.15) is 12.8 Å². The minimum atomic E-state index is -0.895. The number of nitrogens with zero attached hydrogens (tertiary/aromatic N) is 2. The molecule has 0 saturated heterocycles. The number of carbonyl (C=O) groups is 2. The number of carboxylic acid groups (broad SMARTS) is 1. The Morgan fingerprint density at radius 3 is 2.55 bits per heavy atom. The van der Waals surface area contributed by atoms with E-state index in [0.717, 1.165) is 11.4 Å². The number of rotatable bonds is 3. The van der Waals surface area contributed by atoms with Crippen molar-refractivity contribution in [3.8, 4) is 0 Å². The highest BCUT2D eigenvalue weighted by atomic mass is 16.5. The topological polar surface area (TPSA) is 88.3 Å². The summed E-state index contributed by atoms with van der Waals surface area (Å²) in [4.78, 5) is 31.0. The molecule has 2 aliphatic carbocycles. The maximum absolute atomic E-state index is 11.3. The van der Waals surface area contributed by atoms with Crippen molar-refractivity contribution in [3.05, 3.63) is 24.3 Å². The molecule has 0 aromatic heterocycles. The Morgan fingerprint density at radius 1 is 1.20 bits per heavy atom. The first-order valence-corrected chi connectivity index (χ1v) is 6.49. The lowest BCUT2D eigenvalue weighted by Gasteiger charge is -2.34. The zero-order valence-electron chi connectivity index (χ0n) is 10.7. The fourth-order valence-electron chi connectivity index (χ4n) is 2.83. The molecule has 0 spiro atoms. The first-order valence-electron chi connectivity index (χ1n) is 6.49. The van der Waals surface area contributed by atoms with Crippen LogP contribution in [0.25, 0.3) is 0 Å². The van der Waals surface area contributed by atoms with E-state index in [0.29, 0.717) is 19.3 Å². The lowest BCUT2D eigenvalue weighted by molar-refractivity contribution is -0.140. The maximum atomic E-state index is 11.3. The van der Waals surface area contributed by atoms with Gasteiger partial charge in [-0.1, -0.05) is 18.2 Å². The molecule has 6 heteroatoms. The fourth-order valence-corrected chi connectivity index (χ4v) is 2.83. The van der Waals surface area contributed by atoms with Crippen LogP contribution in [-0.4, -0.2) is 47.2 Å². The van der Waals surface area contributed by atoms with Crippen LogP contribution >= 0.6 is 0 Å². The van der Waals surface area contributed by atoms with Gasteiger partial charge in [-0.15, -0.1) is 0 Å². The molecular weight excluding hydrogens is 260 g/mol. The highest BCUT2D eigenvalue weighted by Crippen LogP contribution is 2.28. The van der Waals surface area contributed by atoms with E-state index < -0.39 is 24.0 Å². The van der Waals surface area contributed by atoms with Crippen LogP contribution in [0.5, 0.6) is 0 Å². The summed E-state index contributed by atoms with van der Waals surface area (Å²) in [5.41, 5.74) is 1.54. The largest absolute Gasteiger partial charge is 0.481 e. The van der Waals surface area contributed by atoms with Crippen molar-refractivity contribution in [3.63, 3.8) is 0 Å². The lowest BCUT2D eigenvalue weighted by atomic mass is 9.85. The van der Waals surface area contributed by atoms with Crippen LogP contribution in [-0.2, 0) is 14.3 Å². The maximum Gasteiger partial charge on any atom is 0.312 e. The molecule has 0 saturated carbocycles. The van der Waals surface area contributed by atoms with Gasteiger partial charge in [-0.2, -0.15) is 0 Å². The van der Waals surface area contributed by atoms with Gasteiger partial charge in [0, 0.05) is 24.3 Å². The zero-order valence-corrected chi connectivity index (χ0v) is 10.7. The highest BCUT2D eigenvalue weighted by Gasteiger charge is 2.39. The van der Waals surface area contributed by atoms with Crippen molar-refractivity contribution >= 4 is 23.9 Å². The number of ether oxygens (including phenoxy) is 1. The first-order chi connectivity index (χ1) is 9.70. The van der Waals surface area contributed by atoms with Crippen molar-refractivity contribution in [2.24, 2.45) is 15.9 Å². The van der Waals surface area contributed by atoms with E-state index in [4.69, 9.17) is 4.74 Å². The van der Waals surface area contributed by atoms with Crippen LogP contribution in [0.15, 0.2) is 34.3 Å². The molecule has 20 heavy (non-hydrogen) atoms. The second-order valence-electron chi connectivity index (χ2n) is 4.96. The van der Waals surface area contributed by atoms with Crippen molar-refractivity contribution in [1.29, 1.82) is 0 Å². The average Bonchev–Trinajstić information content (AvgIpc) is 2.45. The van der Waals surface area contributed by atoms with E-state index in [1.807, 2.05) is 12.2 Å². The lowest BCUT2D eigenvalue weighted by Crippen LogP contribution is -2.45. The summed E-state index contributed by atoms with van der Waals surface area (Å²) < 4.78 is 5.02. The molecule has 3 rings (SSSR count). The van der Waals surface area contributed by atoms with E-state index in [1.165, 1.54) is 0 Å². The molecule has 0 bridgehead atoms. The Labute approximate surface area is 115 Å². The first kappa shape index (κ1) is 12.8. The van der Waals surface area contributed by atoms with Gasteiger partial charge in [0.2, 0.25) is 0 Å². The quantitative estimate of drug-likeness (QED) is 0.608. The Kier molecular flexibility index (Phi) is 3.22. The Balaban J connectivity index is 1.95. The number of allylic oxidation sites excluding steroid dienone is 2. The van der Waals surface area contributed by atoms with E-state index in [9.17, 15) is 14.7 Å². The van der Waals surface area contributed by atoms with Crippen molar-refractivity contribution in [2.75, 3.05) is 0 Å². The molecule has 0 fully saturated rings. The molecule has 104 valence electrons. The summed E-state index contributed by atoms with van der Waals surface area (Å²) in [7, 11) is 0. The number of fused-ring (bicyclic) bond motifs is 2. The monoisotopic (exact) mass is 274 g/mol. The van der Waals surface area contributed by atoms with Crippen LogP contribution in [0.4, 0.5) is 0 Å². The molecular formula is C14H14N2O4. The van der Waals surface area contributed by atoms with Gasteiger partial charge in [-0.3, -0.25) is 19.6 Å². The van der Waals surface area contributed by atoms with E-state index in [-0.39, 0.29) is 6.04 Å². The predicted molar refractivity (Wildman–Crippen MR) is 72.0 cm³/mol. The Morgan fingerprint density at radius 2 is 1.85 bits per heavy atom. The molecule has 4 atom stereocenters. The third kappa shape index (κ3) is 2.07. The van der Waals surface area contributed by atoms with Crippen LogP contribution < -0.4 is 0 Å². The zero-order chi connectivity index (χ0) is 14.1. The number of carbonyl (C=O) groups excluding carboxylic acids is 1. The SMILES string of the molecule is O=CO[C@@H]1C=CCC2=N[C@@H]3C(=N[C@H]21)CC=C[C@H]3C(=O)O. The molecule has 1 N–H and O–H groups in total. The molecule has 6 nitrogen and oxygen atoms in total. The summed E-state index contributed by atoms with van der Waals surface area (Å²) in [5, 5.41) is 9.25. The Hall–Kier alpha value is -2.24. The van der Waals surface area contributed by atoms with Gasteiger partial charge in [0.25, 0.3) is 6.47 Å². The molecule has 0 amide bonds. The number of hydrogen-bond acceptors (Lipinski definition) is 5. The number of hydrogen-bond donors (Lipinski definition) is 1. The molecule has 1 aliphatic heterocycles. The summed E-state index contributed by atoms with van der Waals surface area (Å²) in [5.74, 6) is -1.55. The molecule has 0 unspecified atom stereocenters. The van der Waals surface area contributed by atoms with Gasteiger partial charge < -0.3 is 9.84 Å². The van der Waals surface area contributed by atoms with Crippen molar-refractivity contribution in [1.82, 2.24) is 0 Å². The summed E-state index contributed by atoms with van der Waals surface area (Å²) >= 11 is 0. The van der Waals surface area contributed by atoms with Crippen LogP contribution in [0, 0.1) is 5.92 Å². The van der Waals surface area contributed by atoms with E-state index in [2.05, 4.69) is 9.98 Å². The Bertz CT molecular complexity index is 562. The standard InChI is InChI=1S/C14H14N2O4/c17-7-20-11-6-2-5-10-13(11)16-9-4-1-3-8(14(18)19)12(9)15-10/h1-3,6-8,11-13H,4-5H2,(H,18,19)/t8-,11-,12+,13-/m1/s1. The van der Waals surface area contributed by atoms with E-state index in [1.54, 1.807) is 12.2 Å². The fraction of sp³-hybridized carbons (Fsp3) is 0.429. The van der Waals surface area contributed by atoms with E-state index >= 15 is 0 Å². The number of aliphatic carboxylic acids is 1. The third-order valence-corrected chi connectivity index (χ3v) is 3.76. The smallest absolute Gasteiger partial charge is 0.312 e. The van der Waals surface area contributed by atoms with Gasteiger partial charge >= 0.3 is 5.97 Å². The van der Waals surface area contributed by atoms with Crippen molar-refractivity contribution in [2.45, 2.75) is 31.0 Å². The van der Waals surface area contributed by atoms with Gasteiger partial charge in [-0.25, -0.2) is 0 Å². The predicted octanol–water partition coefficient (Wildman–Crippen LogP) is 0.781. The summed E-state index contributed by atoms with van der Waals surface area (Å²) in [6, 6.07) is -0.732. The number of aliphatic imine (C=N–C) groups is 2. The second kappa shape index (κ2) is 5.03. The molecule has 0 radical (unpaired) electrons. The normalized spacial score (nSPS) is 34.4. The van der Waals surface area contributed by atoms with Gasteiger partial charge in [0.15, 0.2) is 0 Å². The molecule has 3 aliphatic rings. The van der Waals surface area contributed by atoms with Gasteiger partial charge in [0.1, 0.15) is 24.1 Å². The molecule has 0 aromatic rings. The molecule has 1 heterocycles. The van der Waals surface area contributed by atoms with Crippen LogP contribution in [0.2, 0.25) is 0 Å². The average molecular weight is 274 g/mol. The second-order valence-corrected chi connectivity index (χ2v) is 4.96. The van der Waals surface area contributed by atoms with Gasteiger partial charge in [0.05, 0.1) is 0 Å². The third-order valence-electron chi connectivity index (χ3n) is 3.76. The number of carboxylic acids is 1. The minimum Gasteiger partial charge on any atom is -0.481 e. The summed E-state index contributed by atoms with van der Waals surface area (Å²) in [6.07, 6.45) is 7.93. The minimum absolute atomic E-state index is 0.308. The van der Waals surface area contributed by atoms with Crippen molar-refractivity contribution < 1.29 is 19.4 Å². The molecule has 0 aromatic carbocycles. The van der Waals surface area contributed by atoms with Gasteiger partial charge in [-0.05, 0) is 6.08 Å².